The third-order valence-corrected chi connectivity index (χ3v) is 3.98. The smallest absolute Gasteiger partial charge is 0.329 e. The number of carbonyl (C=O) groups is 2. The molecule has 0 unspecified atom stereocenters. The van der Waals surface area contributed by atoms with E-state index in [1.54, 1.807) is 25.1 Å². The summed E-state index contributed by atoms with van der Waals surface area (Å²) in [5, 5.41) is 12.2. The molecule has 1 saturated carbocycles. The number of amides is 1. The van der Waals surface area contributed by atoms with Crippen molar-refractivity contribution < 1.29 is 19.4 Å². The van der Waals surface area contributed by atoms with Crippen molar-refractivity contribution in [3.8, 4) is 5.75 Å². The summed E-state index contributed by atoms with van der Waals surface area (Å²) in [5.74, 6) is -0.909. The van der Waals surface area contributed by atoms with Gasteiger partial charge in [0.05, 0.1) is 0 Å². The molecule has 1 aromatic rings. The summed E-state index contributed by atoms with van der Waals surface area (Å²) in [5.41, 5.74) is -0.359. The van der Waals surface area contributed by atoms with Gasteiger partial charge in [-0.2, -0.15) is 0 Å². The fourth-order valence-electron chi connectivity index (χ4n) is 2.11. The van der Waals surface area contributed by atoms with Crippen molar-refractivity contribution in [3.63, 3.8) is 0 Å². The van der Waals surface area contributed by atoms with Gasteiger partial charge in [-0.25, -0.2) is 4.79 Å². The van der Waals surface area contributed by atoms with E-state index in [-0.39, 0.29) is 6.61 Å². The highest BCUT2D eigenvalue weighted by atomic mass is 35.5. The van der Waals surface area contributed by atoms with Crippen LogP contribution in [0.5, 0.6) is 5.75 Å². The Morgan fingerprint density at radius 3 is 2.70 bits per heavy atom. The Balaban J connectivity index is 1.92. The molecule has 0 aromatic heterocycles. The molecule has 20 heavy (non-hydrogen) atoms. The second-order valence-electron chi connectivity index (χ2n) is 4.94. The molecule has 6 heteroatoms. The van der Waals surface area contributed by atoms with Crippen molar-refractivity contribution in [3.05, 3.63) is 28.8 Å². The van der Waals surface area contributed by atoms with Crippen LogP contribution in [0.1, 0.15) is 24.8 Å². The van der Waals surface area contributed by atoms with E-state index in [1.165, 1.54) is 0 Å². The number of nitrogens with one attached hydrogen (secondary N) is 1. The van der Waals surface area contributed by atoms with Crippen LogP contribution in [0.15, 0.2) is 18.2 Å². The van der Waals surface area contributed by atoms with Gasteiger partial charge in [-0.3, -0.25) is 4.79 Å². The maximum atomic E-state index is 11.8. The highest BCUT2D eigenvalue weighted by Crippen LogP contribution is 2.32. The highest BCUT2D eigenvalue weighted by Gasteiger charge is 2.45. The number of hydrogen-bond acceptors (Lipinski definition) is 3. The first-order valence-electron chi connectivity index (χ1n) is 6.37. The molecule has 1 aliphatic rings. The second kappa shape index (κ2) is 5.71. The summed E-state index contributed by atoms with van der Waals surface area (Å²) in [6.45, 7) is 1.57. The summed E-state index contributed by atoms with van der Waals surface area (Å²) in [7, 11) is 0. The number of benzene rings is 1. The van der Waals surface area contributed by atoms with Crippen LogP contribution in [0.2, 0.25) is 5.02 Å². The lowest BCUT2D eigenvalue weighted by Gasteiger charge is -2.38. The lowest BCUT2D eigenvalue weighted by atomic mass is 9.77. The Bertz CT molecular complexity index is 540. The maximum absolute atomic E-state index is 11.8. The molecule has 108 valence electrons. The van der Waals surface area contributed by atoms with Crippen LogP contribution in [-0.4, -0.2) is 29.1 Å². The average Bonchev–Trinajstić information content (AvgIpc) is 2.35. The first-order valence-corrected chi connectivity index (χ1v) is 6.75. The molecular weight excluding hydrogens is 282 g/mol. The zero-order chi connectivity index (χ0) is 14.8. The van der Waals surface area contributed by atoms with Gasteiger partial charge in [0.1, 0.15) is 11.3 Å². The first-order chi connectivity index (χ1) is 9.44. The van der Waals surface area contributed by atoms with Crippen molar-refractivity contribution in [2.24, 2.45) is 0 Å². The largest absolute Gasteiger partial charge is 0.483 e. The second-order valence-corrected chi connectivity index (χ2v) is 5.35. The molecule has 0 atom stereocenters. The molecule has 0 heterocycles. The van der Waals surface area contributed by atoms with E-state index < -0.39 is 17.4 Å². The fourth-order valence-corrected chi connectivity index (χ4v) is 2.28. The summed E-state index contributed by atoms with van der Waals surface area (Å²) >= 11 is 5.95. The molecule has 0 saturated heterocycles. The topological polar surface area (TPSA) is 75.6 Å². The Kier molecular flexibility index (Phi) is 4.18. The van der Waals surface area contributed by atoms with Crippen LogP contribution in [0.4, 0.5) is 0 Å². The Morgan fingerprint density at radius 1 is 1.45 bits per heavy atom. The molecule has 5 nitrogen and oxygen atoms in total. The molecule has 1 aliphatic carbocycles. The molecule has 0 aliphatic heterocycles. The number of hydrogen-bond donors (Lipinski definition) is 2. The molecule has 1 amide bonds. The third kappa shape index (κ3) is 2.88. The van der Waals surface area contributed by atoms with Crippen LogP contribution >= 0.6 is 11.6 Å². The van der Waals surface area contributed by atoms with E-state index in [1.807, 2.05) is 0 Å². The van der Waals surface area contributed by atoms with E-state index in [9.17, 15) is 9.59 Å². The van der Waals surface area contributed by atoms with E-state index >= 15 is 0 Å². The zero-order valence-corrected chi connectivity index (χ0v) is 11.9. The quantitative estimate of drug-likeness (QED) is 0.873. The van der Waals surface area contributed by atoms with Gasteiger partial charge in [0, 0.05) is 10.6 Å². The predicted octanol–water partition coefficient (Wildman–Crippen LogP) is 2.15. The van der Waals surface area contributed by atoms with Crippen molar-refractivity contribution in [2.75, 3.05) is 6.61 Å². The molecule has 0 spiro atoms. The lowest BCUT2D eigenvalue weighted by Crippen LogP contribution is -2.59. The van der Waals surface area contributed by atoms with Crippen molar-refractivity contribution in [2.45, 2.75) is 31.7 Å². The van der Waals surface area contributed by atoms with Crippen LogP contribution in [0, 0.1) is 6.92 Å². The van der Waals surface area contributed by atoms with Crippen LogP contribution in [-0.2, 0) is 9.59 Å². The minimum absolute atomic E-state index is 0.226. The normalized spacial score (nSPS) is 16.1. The van der Waals surface area contributed by atoms with Gasteiger partial charge in [-0.05, 0) is 38.3 Å². The molecule has 0 radical (unpaired) electrons. The van der Waals surface area contributed by atoms with Crippen molar-refractivity contribution in [1.82, 2.24) is 5.32 Å². The van der Waals surface area contributed by atoms with Gasteiger partial charge in [0.2, 0.25) is 0 Å². The third-order valence-electron chi connectivity index (χ3n) is 3.57. The molecular formula is C14H16ClNO4. The number of aliphatic carboxylic acids is 1. The van der Waals surface area contributed by atoms with Crippen LogP contribution in [0.3, 0.4) is 0 Å². The Labute approximate surface area is 121 Å². The molecule has 1 fully saturated rings. The fraction of sp³-hybridized carbons (Fsp3) is 0.429. The molecule has 2 rings (SSSR count). The minimum Gasteiger partial charge on any atom is -0.483 e. The van der Waals surface area contributed by atoms with Crippen LogP contribution in [0.25, 0.3) is 0 Å². The molecule has 0 bridgehead atoms. The number of carboxylic acids is 1. The number of ether oxygens (including phenoxy) is 1. The van der Waals surface area contributed by atoms with Gasteiger partial charge in [-0.1, -0.05) is 17.7 Å². The zero-order valence-electron chi connectivity index (χ0n) is 11.1. The molecule has 1 aromatic carbocycles. The monoisotopic (exact) mass is 297 g/mol. The first kappa shape index (κ1) is 14.7. The summed E-state index contributed by atoms with van der Waals surface area (Å²) < 4.78 is 5.38. The van der Waals surface area contributed by atoms with E-state index in [2.05, 4.69) is 5.32 Å². The maximum Gasteiger partial charge on any atom is 0.329 e. The number of halogens is 1. The van der Waals surface area contributed by atoms with Gasteiger partial charge in [0.15, 0.2) is 6.61 Å². The van der Waals surface area contributed by atoms with Gasteiger partial charge in [-0.15, -0.1) is 0 Å². The average molecular weight is 298 g/mol. The van der Waals surface area contributed by atoms with E-state index in [4.69, 9.17) is 21.4 Å². The summed E-state index contributed by atoms with van der Waals surface area (Å²) in [4.78, 5) is 22.9. The van der Waals surface area contributed by atoms with Crippen molar-refractivity contribution in [1.29, 1.82) is 0 Å². The summed E-state index contributed by atoms with van der Waals surface area (Å²) in [6, 6.07) is 5.18. The SMILES string of the molecule is Cc1c(Cl)cccc1OCC(=O)NC1(C(=O)O)CCC1. The minimum atomic E-state index is -1.11. The number of carboxylic acid groups (broad SMARTS) is 1. The van der Waals surface area contributed by atoms with Gasteiger partial charge < -0.3 is 15.2 Å². The van der Waals surface area contributed by atoms with Crippen molar-refractivity contribution >= 4 is 23.5 Å². The van der Waals surface area contributed by atoms with Gasteiger partial charge in [0.25, 0.3) is 5.91 Å². The highest BCUT2D eigenvalue weighted by molar-refractivity contribution is 6.31. The van der Waals surface area contributed by atoms with Gasteiger partial charge >= 0.3 is 5.97 Å². The van der Waals surface area contributed by atoms with E-state index in [0.29, 0.717) is 23.6 Å². The number of carbonyl (C=O) groups excluding carboxylic acids is 1. The summed E-state index contributed by atoms with van der Waals surface area (Å²) in [6.07, 6.45) is 1.73. The van der Waals surface area contributed by atoms with E-state index in [0.717, 1.165) is 12.0 Å². The number of rotatable bonds is 5. The predicted molar refractivity (Wildman–Crippen MR) is 74.0 cm³/mol. The standard InChI is InChI=1S/C14H16ClNO4/c1-9-10(15)4-2-5-11(9)20-8-12(17)16-14(13(18)19)6-3-7-14/h2,4-5H,3,6-8H2,1H3,(H,16,17)(H,18,19). The Hall–Kier alpha value is -1.75. The van der Waals surface area contributed by atoms with Crippen LogP contribution < -0.4 is 10.1 Å². The lowest BCUT2D eigenvalue weighted by molar-refractivity contribution is -0.152. The Morgan fingerprint density at radius 2 is 2.15 bits per heavy atom. The molecule has 2 N–H and O–H groups in total.